The van der Waals surface area contributed by atoms with Gasteiger partial charge in [0.1, 0.15) is 11.5 Å². The van der Waals surface area contributed by atoms with Gasteiger partial charge in [0.15, 0.2) is 0 Å². The summed E-state index contributed by atoms with van der Waals surface area (Å²) in [5, 5.41) is 3.45. The van der Waals surface area contributed by atoms with E-state index in [4.69, 9.17) is 14.2 Å². The molecule has 1 aromatic rings. The van der Waals surface area contributed by atoms with Gasteiger partial charge in [-0.3, -0.25) is 0 Å². The monoisotopic (exact) mass is 293 g/mol. The van der Waals surface area contributed by atoms with Crippen molar-refractivity contribution in [3.05, 3.63) is 23.8 Å². The van der Waals surface area contributed by atoms with Crippen molar-refractivity contribution in [1.29, 1.82) is 0 Å². The molecule has 0 amide bonds. The minimum Gasteiger partial charge on any atom is -0.497 e. The zero-order chi connectivity index (χ0) is 15.6. The van der Waals surface area contributed by atoms with Crippen molar-refractivity contribution in [3.8, 4) is 11.5 Å². The fourth-order valence-electron chi connectivity index (χ4n) is 3.50. The van der Waals surface area contributed by atoms with Crippen LogP contribution in [0.1, 0.15) is 32.4 Å². The maximum Gasteiger partial charge on any atom is 0.127 e. The Hall–Kier alpha value is -1.26. The van der Waals surface area contributed by atoms with Gasteiger partial charge in [0, 0.05) is 23.6 Å². The number of benzene rings is 1. The van der Waals surface area contributed by atoms with E-state index in [1.54, 1.807) is 14.2 Å². The molecule has 1 heterocycles. The van der Waals surface area contributed by atoms with Gasteiger partial charge in [0.05, 0.1) is 26.4 Å². The van der Waals surface area contributed by atoms with Crippen LogP contribution in [-0.2, 0) is 4.74 Å². The van der Waals surface area contributed by atoms with E-state index < -0.39 is 0 Å². The van der Waals surface area contributed by atoms with Crippen LogP contribution in [0.4, 0.5) is 0 Å². The first kappa shape index (κ1) is 16.1. The quantitative estimate of drug-likeness (QED) is 0.906. The third kappa shape index (κ3) is 3.01. The van der Waals surface area contributed by atoms with Crippen molar-refractivity contribution < 1.29 is 14.2 Å². The molecule has 1 aliphatic rings. The first-order valence-electron chi connectivity index (χ1n) is 7.58. The summed E-state index contributed by atoms with van der Waals surface area (Å²) in [5.74, 6) is 2.56. The molecule has 5 atom stereocenters. The van der Waals surface area contributed by atoms with Gasteiger partial charge in [-0.25, -0.2) is 0 Å². The van der Waals surface area contributed by atoms with E-state index in [1.165, 1.54) is 0 Å². The van der Waals surface area contributed by atoms with Crippen molar-refractivity contribution in [2.45, 2.75) is 39.0 Å². The van der Waals surface area contributed by atoms with E-state index in [0.29, 0.717) is 11.8 Å². The highest BCUT2D eigenvalue weighted by Gasteiger charge is 2.42. The SMILES string of the molecule is CNC(c1ccc(OC)cc1OC)C1C(C)OC(C)C1C. The Morgan fingerprint density at radius 3 is 2.29 bits per heavy atom. The third-order valence-corrected chi connectivity index (χ3v) is 4.79. The van der Waals surface area contributed by atoms with E-state index in [-0.39, 0.29) is 18.2 Å². The average molecular weight is 293 g/mol. The minimum atomic E-state index is 0.195. The molecule has 5 unspecified atom stereocenters. The number of rotatable bonds is 5. The van der Waals surface area contributed by atoms with Crippen LogP contribution < -0.4 is 14.8 Å². The molecule has 0 saturated carbocycles. The Morgan fingerprint density at radius 1 is 1.10 bits per heavy atom. The Balaban J connectivity index is 2.37. The van der Waals surface area contributed by atoms with Crippen molar-refractivity contribution in [1.82, 2.24) is 5.32 Å². The average Bonchev–Trinajstić information content (AvgIpc) is 2.74. The second-order valence-electron chi connectivity index (χ2n) is 5.86. The van der Waals surface area contributed by atoms with E-state index in [1.807, 2.05) is 19.2 Å². The first-order chi connectivity index (χ1) is 10.0. The largest absolute Gasteiger partial charge is 0.497 e. The zero-order valence-corrected chi connectivity index (χ0v) is 13.8. The zero-order valence-electron chi connectivity index (χ0n) is 13.8. The predicted molar refractivity (Wildman–Crippen MR) is 84.0 cm³/mol. The Bertz CT molecular complexity index is 477. The van der Waals surface area contributed by atoms with Gasteiger partial charge in [-0.1, -0.05) is 13.0 Å². The van der Waals surface area contributed by atoms with E-state index in [2.05, 4.69) is 32.2 Å². The molecule has 21 heavy (non-hydrogen) atoms. The molecule has 0 radical (unpaired) electrons. The molecule has 1 aromatic carbocycles. The second kappa shape index (κ2) is 6.67. The van der Waals surface area contributed by atoms with Crippen LogP contribution in [0.3, 0.4) is 0 Å². The van der Waals surface area contributed by atoms with Crippen LogP contribution >= 0.6 is 0 Å². The smallest absolute Gasteiger partial charge is 0.127 e. The third-order valence-electron chi connectivity index (χ3n) is 4.79. The molecule has 0 aliphatic carbocycles. The lowest BCUT2D eigenvalue weighted by atomic mass is 9.80. The summed E-state index contributed by atoms with van der Waals surface area (Å²) in [7, 11) is 5.36. The Kier molecular flexibility index (Phi) is 5.12. The van der Waals surface area contributed by atoms with Gasteiger partial charge >= 0.3 is 0 Å². The summed E-state index contributed by atoms with van der Waals surface area (Å²) >= 11 is 0. The number of ether oxygens (including phenoxy) is 3. The molecule has 0 aromatic heterocycles. The maximum atomic E-state index is 6.00. The first-order valence-corrected chi connectivity index (χ1v) is 7.58. The highest BCUT2D eigenvalue weighted by molar-refractivity contribution is 5.43. The minimum absolute atomic E-state index is 0.195. The highest BCUT2D eigenvalue weighted by atomic mass is 16.5. The van der Waals surface area contributed by atoms with Crippen LogP contribution in [0, 0.1) is 11.8 Å². The summed E-state index contributed by atoms with van der Waals surface area (Å²) < 4.78 is 16.9. The van der Waals surface area contributed by atoms with Gasteiger partial charge in [0.25, 0.3) is 0 Å². The van der Waals surface area contributed by atoms with Crippen molar-refractivity contribution in [2.24, 2.45) is 11.8 Å². The molecule has 4 heteroatoms. The maximum absolute atomic E-state index is 6.00. The standard InChI is InChI=1S/C17H27NO3/c1-10-11(2)21-12(3)16(10)17(18-4)14-8-7-13(19-5)9-15(14)20-6/h7-12,16-18H,1-6H3. The number of nitrogens with one attached hydrogen (secondary N) is 1. The summed E-state index contributed by atoms with van der Waals surface area (Å²) in [5.41, 5.74) is 1.15. The van der Waals surface area contributed by atoms with Crippen molar-refractivity contribution >= 4 is 0 Å². The van der Waals surface area contributed by atoms with Crippen molar-refractivity contribution in [3.63, 3.8) is 0 Å². The van der Waals surface area contributed by atoms with E-state index in [9.17, 15) is 0 Å². The molecular weight excluding hydrogens is 266 g/mol. The van der Waals surface area contributed by atoms with Gasteiger partial charge in [-0.2, -0.15) is 0 Å². The summed E-state index contributed by atoms with van der Waals surface area (Å²) in [6.45, 7) is 6.57. The topological polar surface area (TPSA) is 39.7 Å². The fourth-order valence-corrected chi connectivity index (χ4v) is 3.50. The number of hydrogen-bond donors (Lipinski definition) is 1. The molecule has 4 nitrogen and oxygen atoms in total. The fraction of sp³-hybridized carbons (Fsp3) is 0.647. The van der Waals surface area contributed by atoms with E-state index >= 15 is 0 Å². The lowest BCUT2D eigenvalue weighted by Gasteiger charge is -2.30. The number of methoxy groups -OCH3 is 2. The Labute approximate surface area is 127 Å². The summed E-state index contributed by atoms with van der Waals surface area (Å²) in [6, 6.07) is 6.20. The molecule has 2 rings (SSSR count). The molecule has 118 valence electrons. The normalized spacial score (nSPS) is 30.2. The van der Waals surface area contributed by atoms with E-state index in [0.717, 1.165) is 17.1 Å². The molecule has 1 aliphatic heterocycles. The number of hydrogen-bond acceptors (Lipinski definition) is 4. The van der Waals surface area contributed by atoms with Gasteiger partial charge in [-0.05, 0) is 32.9 Å². The van der Waals surface area contributed by atoms with Crippen LogP contribution in [0.5, 0.6) is 11.5 Å². The van der Waals surface area contributed by atoms with Gasteiger partial charge in [0.2, 0.25) is 0 Å². The molecule has 1 saturated heterocycles. The highest BCUT2D eigenvalue weighted by Crippen LogP contribution is 2.43. The molecule has 1 fully saturated rings. The summed E-state index contributed by atoms with van der Waals surface area (Å²) in [6.07, 6.45) is 0.504. The Morgan fingerprint density at radius 2 is 1.81 bits per heavy atom. The lowest BCUT2D eigenvalue weighted by Crippen LogP contribution is -2.33. The van der Waals surface area contributed by atoms with Gasteiger partial charge < -0.3 is 19.5 Å². The van der Waals surface area contributed by atoms with Crippen LogP contribution in [-0.4, -0.2) is 33.5 Å². The second-order valence-corrected chi connectivity index (χ2v) is 5.86. The van der Waals surface area contributed by atoms with Crippen molar-refractivity contribution in [2.75, 3.05) is 21.3 Å². The molecule has 1 N–H and O–H groups in total. The summed E-state index contributed by atoms with van der Waals surface area (Å²) in [4.78, 5) is 0. The van der Waals surface area contributed by atoms with Crippen LogP contribution in [0.2, 0.25) is 0 Å². The predicted octanol–water partition coefficient (Wildman–Crippen LogP) is 3.02. The molecular formula is C17H27NO3. The van der Waals surface area contributed by atoms with Crippen LogP contribution in [0.15, 0.2) is 18.2 Å². The van der Waals surface area contributed by atoms with Gasteiger partial charge in [-0.15, -0.1) is 0 Å². The lowest BCUT2D eigenvalue weighted by molar-refractivity contribution is 0.0477. The van der Waals surface area contributed by atoms with Crippen LogP contribution in [0.25, 0.3) is 0 Å². The molecule has 0 spiro atoms. The molecule has 0 bridgehead atoms.